The van der Waals surface area contributed by atoms with Crippen molar-refractivity contribution in [3.8, 4) is 0 Å². The Kier molecular flexibility index (Phi) is 10.1. The second-order valence-electron chi connectivity index (χ2n) is 6.06. The molecule has 0 spiro atoms. The zero-order valence-electron chi connectivity index (χ0n) is 15.2. The van der Waals surface area contributed by atoms with Crippen molar-refractivity contribution in [2.24, 2.45) is 4.99 Å². The molecule has 2 N–H and O–H groups in total. The molecule has 0 saturated carbocycles. The van der Waals surface area contributed by atoms with Gasteiger partial charge in [-0.3, -0.25) is 4.99 Å². The number of nitrogens with zero attached hydrogens (tertiary/aromatic N) is 2. The van der Waals surface area contributed by atoms with E-state index in [-0.39, 0.29) is 29.8 Å². The number of nitrogens with one attached hydrogen (secondary N) is 2. The van der Waals surface area contributed by atoms with Crippen molar-refractivity contribution in [2.75, 3.05) is 13.6 Å². The first-order chi connectivity index (χ1) is 12.0. The standard InChI is InChI=1S/C18H24BrFN4O.HI/c1-12(2)17-10-15(25-24-17)11-23-18(21-3)22-8-4-5-13-6-7-14(19)9-16(13)20;/h6-7,9-10,12H,4-5,8,11H2,1-3H3,(H2,21,22,23);1H. The molecule has 26 heavy (non-hydrogen) atoms. The molecule has 8 heteroatoms. The van der Waals surface area contributed by atoms with Crippen LogP contribution in [0.5, 0.6) is 0 Å². The van der Waals surface area contributed by atoms with Crippen LogP contribution in [0.2, 0.25) is 0 Å². The van der Waals surface area contributed by atoms with Gasteiger partial charge in [0, 0.05) is 24.1 Å². The third-order valence-corrected chi connectivity index (χ3v) is 4.25. The maximum Gasteiger partial charge on any atom is 0.191 e. The van der Waals surface area contributed by atoms with E-state index in [1.807, 2.05) is 18.2 Å². The number of aliphatic imine (C=N–C) groups is 1. The molecule has 0 radical (unpaired) electrons. The molecule has 144 valence electrons. The van der Waals surface area contributed by atoms with Crippen LogP contribution in [0, 0.1) is 5.82 Å². The van der Waals surface area contributed by atoms with Gasteiger partial charge in [-0.15, -0.1) is 24.0 Å². The predicted octanol–water partition coefficient (Wildman–Crippen LogP) is 4.62. The molecular formula is C18H25BrFIN4O. The van der Waals surface area contributed by atoms with Crippen molar-refractivity contribution in [3.63, 3.8) is 0 Å². The fraction of sp³-hybridized carbons (Fsp3) is 0.444. The van der Waals surface area contributed by atoms with Crippen LogP contribution in [0.3, 0.4) is 0 Å². The summed E-state index contributed by atoms with van der Waals surface area (Å²) in [5.74, 6) is 1.61. The lowest BCUT2D eigenvalue weighted by atomic mass is 10.1. The molecule has 0 atom stereocenters. The summed E-state index contributed by atoms with van der Waals surface area (Å²) in [6.07, 6.45) is 1.47. The number of hydrogen-bond acceptors (Lipinski definition) is 3. The highest BCUT2D eigenvalue weighted by Gasteiger charge is 2.08. The van der Waals surface area contributed by atoms with Gasteiger partial charge in [-0.1, -0.05) is 41.0 Å². The topological polar surface area (TPSA) is 62.5 Å². The third-order valence-electron chi connectivity index (χ3n) is 3.75. The van der Waals surface area contributed by atoms with E-state index in [9.17, 15) is 4.39 Å². The van der Waals surface area contributed by atoms with E-state index in [1.165, 1.54) is 6.07 Å². The van der Waals surface area contributed by atoms with Crippen LogP contribution >= 0.6 is 39.9 Å². The van der Waals surface area contributed by atoms with Gasteiger partial charge in [-0.05, 0) is 36.5 Å². The quantitative estimate of drug-likeness (QED) is 0.234. The number of aromatic nitrogens is 1. The minimum atomic E-state index is -0.178. The Hall–Kier alpha value is -1.16. The van der Waals surface area contributed by atoms with Crippen LogP contribution in [0.25, 0.3) is 0 Å². The van der Waals surface area contributed by atoms with Crippen LogP contribution in [-0.2, 0) is 13.0 Å². The molecule has 2 aromatic rings. The monoisotopic (exact) mass is 538 g/mol. The second-order valence-corrected chi connectivity index (χ2v) is 6.98. The molecular weight excluding hydrogens is 514 g/mol. The number of halogens is 3. The molecule has 1 aromatic carbocycles. The van der Waals surface area contributed by atoms with Gasteiger partial charge < -0.3 is 15.2 Å². The van der Waals surface area contributed by atoms with Crippen LogP contribution < -0.4 is 10.6 Å². The number of aryl methyl sites for hydroxylation is 1. The average Bonchev–Trinajstić information content (AvgIpc) is 3.05. The Balaban J connectivity index is 0.00000338. The fourth-order valence-electron chi connectivity index (χ4n) is 2.29. The van der Waals surface area contributed by atoms with E-state index < -0.39 is 0 Å². The van der Waals surface area contributed by atoms with Gasteiger partial charge in [0.2, 0.25) is 0 Å². The number of guanidine groups is 1. The van der Waals surface area contributed by atoms with Crippen molar-refractivity contribution in [1.82, 2.24) is 15.8 Å². The summed E-state index contributed by atoms with van der Waals surface area (Å²) in [7, 11) is 1.71. The van der Waals surface area contributed by atoms with Gasteiger partial charge in [0.15, 0.2) is 11.7 Å². The van der Waals surface area contributed by atoms with E-state index in [0.29, 0.717) is 31.4 Å². The van der Waals surface area contributed by atoms with Gasteiger partial charge in [-0.25, -0.2) is 4.39 Å². The Morgan fingerprint density at radius 2 is 2.08 bits per heavy atom. The summed E-state index contributed by atoms with van der Waals surface area (Å²) in [6, 6.07) is 7.10. The van der Waals surface area contributed by atoms with Crippen molar-refractivity contribution in [2.45, 2.75) is 39.2 Å². The van der Waals surface area contributed by atoms with Gasteiger partial charge in [0.25, 0.3) is 0 Å². The smallest absolute Gasteiger partial charge is 0.191 e. The van der Waals surface area contributed by atoms with E-state index in [0.717, 1.165) is 27.9 Å². The van der Waals surface area contributed by atoms with E-state index in [2.05, 4.69) is 50.6 Å². The maximum absolute atomic E-state index is 13.8. The van der Waals surface area contributed by atoms with Crippen LogP contribution in [0.15, 0.2) is 38.3 Å². The van der Waals surface area contributed by atoms with Crippen molar-refractivity contribution in [3.05, 3.63) is 51.6 Å². The highest BCUT2D eigenvalue weighted by molar-refractivity contribution is 14.0. The largest absolute Gasteiger partial charge is 0.359 e. The molecule has 1 heterocycles. The summed E-state index contributed by atoms with van der Waals surface area (Å²) < 4.78 is 19.8. The minimum absolute atomic E-state index is 0. The Bertz CT molecular complexity index is 721. The lowest BCUT2D eigenvalue weighted by Gasteiger charge is -2.11. The summed E-state index contributed by atoms with van der Waals surface area (Å²) in [5, 5.41) is 10.4. The van der Waals surface area contributed by atoms with Gasteiger partial charge in [0.1, 0.15) is 5.82 Å². The third kappa shape index (κ3) is 7.22. The second kappa shape index (κ2) is 11.5. The molecule has 0 aliphatic heterocycles. The summed E-state index contributed by atoms with van der Waals surface area (Å²) in [4.78, 5) is 4.17. The Labute approximate surface area is 179 Å². The molecule has 1 aromatic heterocycles. The average molecular weight is 539 g/mol. The fourth-order valence-corrected chi connectivity index (χ4v) is 2.62. The molecule has 2 rings (SSSR count). The molecule has 0 unspecified atom stereocenters. The molecule has 0 aliphatic rings. The normalized spacial score (nSPS) is 11.4. The first-order valence-corrected chi connectivity index (χ1v) is 9.13. The molecule has 0 aliphatic carbocycles. The first-order valence-electron chi connectivity index (χ1n) is 8.33. The zero-order valence-corrected chi connectivity index (χ0v) is 19.1. The number of benzene rings is 1. The van der Waals surface area contributed by atoms with Gasteiger partial charge in [0.05, 0.1) is 12.2 Å². The molecule has 0 amide bonds. The molecule has 0 bridgehead atoms. The Morgan fingerprint density at radius 3 is 2.69 bits per heavy atom. The summed E-state index contributed by atoms with van der Waals surface area (Å²) in [5.41, 5.74) is 1.66. The van der Waals surface area contributed by atoms with Crippen LogP contribution in [0.4, 0.5) is 4.39 Å². The predicted molar refractivity (Wildman–Crippen MR) is 117 cm³/mol. The first kappa shape index (κ1) is 22.9. The number of hydrogen-bond donors (Lipinski definition) is 2. The highest BCUT2D eigenvalue weighted by Crippen LogP contribution is 2.16. The maximum atomic E-state index is 13.8. The summed E-state index contributed by atoms with van der Waals surface area (Å²) >= 11 is 3.26. The summed E-state index contributed by atoms with van der Waals surface area (Å²) in [6.45, 7) is 5.36. The van der Waals surface area contributed by atoms with E-state index >= 15 is 0 Å². The molecule has 5 nitrogen and oxygen atoms in total. The lowest BCUT2D eigenvalue weighted by Crippen LogP contribution is -2.37. The van der Waals surface area contributed by atoms with Crippen LogP contribution in [0.1, 0.15) is 43.2 Å². The highest BCUT2D eigenvalue weighted by atomic mass is 127. The van der Waals surface area contributed by atoms with Crippen molar-refractivity contribution >= 4 is 45.9 Å². The minimum Gasteiger partial charge on any atom is -0.359 e. The van der Waals surface area contributed by atoms with Gasteiger partial charge >= 0.3 is 0 Å². The van der Waals surface area contributed by atoms with Gasteiger partial charge in [-0.2, -0.15) is 0 Å². The van der Waals surface area contributed by atoms with E-state index in [1.54, 1.807) is 7.05 Å². The Morgan fingerprint density at radius 1 is 1.31 bits per heavy atom. The van der Waals surface area contributed by atoms with Crippen molar-refractivity contribution in [1.29, 1.82) is 0 Å². The zero-order chi connectivity index (χ0) is 18.2. The number of rotatable bonds is 7. The lowest BCUT2D eigenvalue weighted by molar-refractivity contribution is 0.372. The van der Waals surface area contributed by atoms with E-state index in [4.69, 9.17) is 4.52 Å². The molecule has 0 saturated heterocycles. The SMILES string of the molecule is CN=C(NCCCc1ccc(Br)cc1F)NCc1cc(C(C)C)no1.I. The molecule has 0 fully saturated rings. The van der Waals surface area contributed by atoms with Crippen LogP contribution in [-0.4, -0.2) is 24.7 Å². The van der Waals surface area contributed by atoms with Crippen molar-refractivity contribution < 1.29 is 8.91 Å².